The van der Waals surface area contributed by atoms with Crippen molar-refractivity contribution >= 4 is 5.91 Å². The van der Waals surface area contributed by atoms with E-state index >= 15 is 0 Å². The maximum Gasteiger partial charge on any atom is 0.227 e. The van der Waals surface area contributed by atoms with Crippen molar-refractivity contribution in [2.24, 2.45) is 0 Å². The number of likely N-dealkylation sites (tertiary alicyclic amines) is 1. The van der Waals surface area contributed by atoms with Gasteiger partial charge >= 0.3 is 0 Å². The molecule has 0 saturated carbocycles. The quantitative estimate of drug-likeness (QED) is 0.890. The second-order valence-electron chi connectivity index (χ2n) is 4.75. The van der Waals surface area contributed by atoms with Crippen molar-refractivity contribution in [2.45, 2.75) is 32.2 Å². The first-order valence-corrected chi connectivity index (χ1v) is 6.27. The minimum atomic E-state index is 0.101. The Kier molecular flexibility index (Phi) is 3.75. The first kappa shape index (κ1) is 12.7. The summed E-state index contributed by atoms with van der Waals surface area (Å²) in [5, 5.41) is 9.48. The summed E-state index contributed by atoms with van der Waals surface area (Å²) in [6.07, 6.45) is 2.43. The standard InChI is InChI=1S/C14H19NO3/c1-10-4-3-7-15(10)14(17)9-11-8-12(16)5-6-13(11)18-2/h5-6,8,10,16H,3-4,7,9H2,1-2H3. The average molecular weight is 249 g/mol. The lowest BCUT2D eigenvalue weighted by molar-refractivity contribution is -0.131. The maximum absolute atomic E-state index is 12.2. The fourth-order valence-corrected chi connectivity index (χ4v) is 2.47. The number of amides is 1. The molecule has 4 nitrogen and oxygen atoms in total. The Morgan fingerprint density at radius 1 is 1.56 bits per heavy atom. The molecule has 1 heterocycles. The number of hydrogen-bond donors (Lipinski definition) is 1. The van der Waals surface area contributed by atoms with E-state index in [4.69, 9.17) is 4.74 Å². The lowest BCUT2D eigenvalue weighted by atomic mass is 10.1. The van der Waals surface area contributed by atoms with Crippen molar-refractivity contribution in [3.63, 3.8) is 0 Å². The Labute approximate surface area is 107 Å². The molecule has 2 rings (SSSR count). The van der Waals surface area contributed by atoms with Crippen LogP contribution in [0.25, 0.3) is 0 Å². The van der Waals surface area contributed by atoms with Gasteiger partial charge in [0, 0.05) is 18.2 Å². The average Bonchev–Trinajstić information content (AvgIpc) is 2.76. The van der Waals surface area contributed by atoms with E-state index in [1.54, 1.807) is 25.3 Å². The number of carbonyl (C=O) groups excluding carboxylic acids is 1. The molecule has 1 fully saturated rings. The van der Waals surface area contributed by atoms with Crippen LogP contribution >= 0.6 is 0 Å². The van der Waals surface area contributed by atoms with E-state index in [-0.39, 0.29) is 18.1 Å². The van der Waals surface area contributed by atoms with E-state index in [9.17, 15) is 9.90 Å². The summed E-state index contributed by atoms with van der Waals surface area (Å²) >= 11 is 0. The zero-order chi connectivity index (χ0) is 13.1. The predicted molar refractivity (Wildman–Crippen MR) is 68.8 cm³/mol. The number of benzene rings is 1. The number of phenolic OH excluding ortho intramolecular Hbond substituents is 1. The molecule has 18 heavy (non-hydrogen) atoms. The topological polar surface area (TPSA) is 49.8 Å². The van der Waals surface area contributed by atoms with Crippen LogP contribution in [-0.4, -0.2) is 35.6 Å². The third-order valence-corrected chi connectivity index (χ3v) is 3.48. The number of phenols is 1. The van der Waals surface area contributed by atoms with Crippen LogP contribution < -0.4 is 4.74 Å². The Balaban J connectivity index is 2.13. The van der Waals surface area contributed by atoms with Gasteiger partial charge in [-0.3, -0.25) is 4.79 Å². The van der Waals surface area contributed by atoms with Gasteiger partial charge in [0.05, 0.1) is 13.5 Å². The normalized spacial score (nSPS) is 19.0. The molecule has 0 aliphatic carbocycles. The fraction of sp³-hybridized carbons (Fsp3) is 0.500. The van der Waals surface area contributed by atoms with Crippen LogP contribution in [-0.2, 0) is 11.2 Å². The summed E-state index contributed by atoms with van der Waals surface area (Å²) in [5.41, 5.74) is 0.738. The summed E-state index contributed by atoms with van der Waals surface area (Å²) in [6, 6.07) is 5.16. The smallest absolute Gasteiger partial charge is 0.227 e. The lowest BCUT2D eigenvalue weighted by Gasteiger charge is -2.22. The summed E-state index contributed by atoms with van der Waals surface area (Å²) in [6.45, 7) is 2.91. The maximum atomic E-state index is 12.2. The van der Waals surface area contributed by atoms with Crippen LogP contribution in [0.15, 0.2) is 18.2 Å². The van der Waals surface area contributed by atoms with Crippen LogP contribution in [0.3, 0.4) is 0 Å². The Hall–Kier alpha value is -1.71. The summed E-state index contributed by atoms with van der Waals surface area (Å²) in [5.74, 6) is 0.907. The number of methoxy groups -OCH3 is 1. The molecule has 1 atom stereocenters. The minimum absolute atomic E-state index is 0.101. The van der Waals surface area contributed by atoms with Crippen LogP contribution in [0, 0.1) is 0 Å². The minimum Gasteiger partial charge on any atom is -0.508 e. The molecular formula is C14H19NO3. The Bertz CT molecular complexity index is 445. The third-order valence-electron chi connectivity index (χ3n) is 3.48. The highest BCUT2D eigenvalue weighted by atomic mass is 16.5. The van der Waals surface area contributed by atoms with Gasteiger partial charge < -0.3 is 14.7 Å². The molecule has 1 amide bonds. The second-order valence-corrected chi connectivity index (χ2v) is 4.75. The number of ether oxygens (including phenoxy) is 1. The van der Waals surface area contributed by atoms with Gasteiger partial charge in [0.25, 0.3) is 0 Å². The molecule has 0 bridgehead atoms. The summed E-state index contributed by atoms with van der Waals surface area (Å²) in [4.78, 5) is 14.1. The van der Waals surface area contributed by atoms with Gasteiger partial charge in [0.2, 0.25) is 5.91 Å². The van der Waals surface area contributed by atoms with Crippen molar-refractivity contribution < 1.29 is 14.6 Å². The molecule has 0 aromatic heterocycles. The largest absolute Gasteiger partial charge is 0.508 e. The fourth-order valence-electron chi connectivity index (χ4n) is 2.47. The molecule has 1 N–H and O–H groups in total. The van der Waals surface area contributed by atoms with Crippen LogP contribution in [0.5, 0.6) is 11.5 Å². The van der Waals surface area contributed by atoms with Gasteiger partial charge in [-0.2, -0.15) is 0 Å². The van der Waals surface area contributed by atoms with E-state index < -0.39 is 0 Å². The lowest BCUT2D eigenvalue weighted by Crippen LogP contribution is -2.34. The van der Waals surface area contributed by atoms with Crippen molar-refractivity contribution in [1.29, 1.82) is 0 Å². The van der Waals surface area contributed by atoms with E-state index in [1.165, 1.54) is 0 Å². The van der Waals surface area contributed by atoms with Gasteiger partial charge in [-0.15, -0.1) is 0 Å². The van der Waals surface area contributed by atoms with Crippen LogP contribution in [0.4, 0.5) is 0 Å². The Morgan fingerprint density at radius 2 is 2.33 bits per heavy atom. The monoisotopic (exact) mass is 249 g/mol. The number of carbonyl (C=O) groups is 1. The highest BCUT2D eigenvalue weighted by Gasteiger charge is 2.25. The van der Waals surface area contributed by atoms with E-state index in [1.807, 2.05) is 4.90 Å². The highest BCUT2D eigenvalue weighted by Crippen LogP contribution is 2.25. The number of rotatable bonds is 3. The number of aromatic hydroxyl groups is 1. The van der Waals surface area contributed by atoms with Crippen LogP contribution in [0.2, 0.25) is 0 Å². The number of hydrogen-bond acceptors (Lipinski definition) is 3. The molecule has 1 aromatic carbocycles. The van der Waals surface area contributed by atoms with Crippen LogP contribution in [0.1, 0.15) is 25.3 Å². The zero-order valence-electron chi connectivity index (χ0n) is 10.8. The van der Waals surface area contributed by atoms with Crippen molar-refractivity contribution in [2.75, 3.05) is 13.7 Å². The summed E-state index contributed by atoms with van der Waals surface area (Å²) in [7, 11) is 1.57. The molecule has 0 radical (unpaired) electrons. The van der Waals surface area contributed by atoms with Gasteiger partial charge in [-0.1, -0.05) is 0 Å². The molecule has 4 heteroatoms. The summed E-state index contributed by atoms with van der Waals surface area (Å²) < 4.78 is 5.21. The van der Waals surface area contributed by atoms with E-state index in [0.717, 1.165) is 24.9 Å². The molecule has 1 aliphatic heterocycles. The van der Waals surface area contributed by atoms with E-state index in [0.29, 0.717) is 11.8 Å². The first-order chi connectivity index (χ1) is 8.61. The molecule has 0 spiro atoms. The Morgan fingerprint density at radius 3 is 2.94 bits per heavy atom. The molecule has 1 unspecified atom stereocenters. The van der Waals surface area contributed by atoms with Gasteiger partial charge in [-0.25, -0.2) is 0 Å². The zero-order valence-corrected chi connectivity index (χ0v) is 10.8. The molecule has 1 aromatic rings. The van der Waals surface area contributed by atoms with E-state index in [2.05, 4.69) is 6.92 Å². The van der Waals surface area contributed by atoms with Crippen molar-refractivity contribution in [3.8, 4) is 11.5 Å². The number of nitrogens with zero attached hydrogens (tertiary/aromatic N) is 1. The molecule has 98 valence electrons. The van der Waals surface area contributed by atoms with Crippen molar-refractivity contribution in [1.82, 2.24) is 4.90 Å². The molecule has 1 aliphatic rings. The predicted octanol–water partition coefficient (Wildman–Crippen LogP) is 1.95. The molecular weight excluding hydrogens is 230 g/mol. The van der Waals surface area contributed by atoms with Gasteiger partial charge in [0.1, 0.15) is 11.5 Å². The van der Waals surface area contributed by atoms with Gasteiger partial charge in [0.15, 0.2) is 0 Å². The van der Waals surface area contributed by atoms with Crippen molar-refractivity contribution in [3.05, 3.63) is 23.8 Å². The SMILES string of the molecule is COc1ccc(O)cc1CC(=O)N1CCCC1C. The first-order valence-electron chi connectivity index (χ1n) is 6.27. The second kappa shape index (κ2) is 5.29. The highest BCUT2D eigenvalue weighted by molar-refractivity contribution is 5.80. The molecule has 1 saturated heterocycles. The van der Waals surface area contributed by atoms with Gasteiger partial charge in [-0.05, 0) is 38.0 Å². The third kappa shape index (κ3) is 2.58.